The molecule has 2 aromatic heterocycles. The van der Waals surface area contributed by atoms with Crippen LogP contribution >= 0.6 is 0 Å². The fraction of sp³-hybridized carbons (Fsp3) is 0.150. The van der Waals surface area contributed by atoms with Crippen LogP contribution in [0.4, 0.5) is 5.82 Å². The van der Waals surface area contributed by atoms with Gasteiger partial charge in [-0.15, -0.1) is 0 Å². The number of pyridine rings is 1. The Hall–Kier alpha value is -3.41. The largest absolute Gasteiger partial charge is 0.488 e. The minimum absolute atomic E-state index is 0.429. The summed E-state index contributed by atoms with van der Waals surface area (Å²) in [6.07, 6.45) is 7.02. The molecule has 0 amide bonds. The minimum Gasteiger partial charge on any atom is -0.488 e. The van der Waals surface area contributed by atoms with E-state index in [1.54, 1.807) is 6.20 Å². The van der Waals surface area contributed by atoms with Crippen LogP contribution in [0.15, 0.2) is 70.5 Å². The summed E-state index contributed by atoms with van der Waals surface area (Å²) in [4.78, 5) is 8.30. The van der Waals surface area contributed by atoms with Crippen LogP contribution in [0, 0.1) is 0 Å². The molecule has 1 aliphatic rings. The highest BCUT2D eigenvalue weighted by Gasteiger charge is 2.11. The van der Waals surface area contributed by atoms with Gasteiger partial charge in [-0.05, 0) is 29.8 Å². The number of rotatable bonds is 6. The van der Waals surface area contributed by atoms with Gasteiger partial charge in [0, 0.05) is 31.3 Å². The van der Waals surface area contributed by atoms with E-state index in [-0.39, 0.29) is 0 Å². The first-order valence-electron chi connectivity index (χ1n) is 8.37. The van der Waals surface area contributed by atoms with Crippen LogP contribution < -0.4 is 10.5 Å². The van der Waals surface area contributed by atoms with Gasteiger partial charge < -0.3 is 15.0 Å². The fourth-order valence-corrected chi connectivity index (χ4v) is 2.72. The van der Waals surface area contributed by atoms with Crippen molar-refractivity contribution in [2.24, 2.45) is 4.99 Å². The number of nitrogens with two attached hydrogens (primary N) is 1. The van der Waals surface area contributed by atoms with Gasteiger partial charge in [0.1, 0.15) is 18.2 Å². The molecule has 1 aromatic carbocycles. The Morgan fingerprint density at radius 3 is 2.81 bits per heavy atom. The molecule has 0 saturated heterocycles. The van der Waals surface area contributed by atoms with Gasteiger partial charge in [-0.25, -0.2) is 4.98 Å². The Balaban J connectivity index is 1.39. The summed E-state index contributed by atoms with van der Waals surface area (Å²) in [6.45, 7) is 0.519. The van der Waals surface area contributed by atoms with Gasteiger partial charge in [0.25, 0.3) is 0 Å². The van der Waals surface area contributed by atoms with E-state index in [9.17, 15) is 0 Å². The third kappa shape index (κ3) is 3.64. The molecular weight excluding hydrogens is 328 g/mol. The molecule has 0 saturated carbocycles. The summed E-state index contributed by atoms with van der Waals surface area (Å²) >= 11 is 0. The van der Waals surface area contributed by atoms with Crippen LogP contribution in [0.2, 0.25) is 0 Å². The monoisotopic (exact) mass is 346 g/mol. The lowest BCUT2D eigenvalue weighted by molar-refractivity contribution is 0.375. The van der Waals surface area contributed by atoms with Gasteiger partial charge in [0.2, 0.25) is 0 Å². The van der Waals surface area contributed by atoms with Gasteiger partial charge in [-0.3, -0.25) is 4.99 Å². The second-order valence-electron chi connectivity index (χ2n) is 6.01. The number of benzene rings is 1. The smallest absolute Gasteiger partial charge is 0.170 e. The Morgan fingerprint density at radius 2 is 2.04 bits per heavy atom. The molecule has 0 unspecified atom stereocenters. The van der Waals surface area contributed by atoms with E-state index in [0.717, 1.165) is 34.7 Å². The maximum Gasteiger partial charge on any atom is 0.170 e. The van der Waals surface area contributed by atoms with Crippen molar-refractivity contribution in [2.45, 2.75) is 12.8 Å². The van der Waals surface area contributed by atoms with Crippen LogP contribution in [0.3, 0.4) is 0 Å². The molecule has 0 radical (unpaired) electrons. The van der Waals surface area contributed by atoms with Crippen molar-refractivity contribution in [3.63, 3.8) is 0 Å². The van der Waals surface area contributed by atoms with Gasteiger partial charge in [-0.2, -0.15) is 0 Å². The third-order valence-corrected chi connectivity index (χ3v) is 4.09. The van der Waals surface area contributed by atoms with Gasteiger partial charge in [-0.1, -0.05) is 23.4 Å². The number of anilines is 1. The average Bonchev–Trinajstić information content (AvgIpc) is 3.34. The number of ether oxygens (including phenoxy) is 1. The van der Waals surface area contributed by atoms with Crippen LogP contribution in [-0.4, -0.2) is 22.5 Å². The summed E-state index contributed by atoms with van der Waals surface area (Å²) in [5.41, 5.74) is 9.63. The molecule has 3 aromatic rings. The number of allylic oxidation sites excluding steroid dienone is 1. The highest BCUT2D eigenvalue weighted by atomic mass is 16.5. The summed E-state index contributed by atoms with van der Waals surface area (Å²) in [5, 5.41) is 4.13. The molecule has 26 heavy (non-hydrogen) atoms. The van der Waals surface area contributed by atoms with E-state index in [0.29, 0.717) is 24.6 Å². The molecule has 0 fully saturated rings. The molecule has 0 bridgehead atoms. The van der Waals surface area contributed by atoms with Crippen LogP contribution in [0.5, 0.6) is 5.75 Å². The lowest BCUT2D eigenvalue weighted by Gasteiger charge is -2.06. The normalized spacial score (nSPS) is 13.0. The highest BCUT2D eigenvalue weighted by Crippen LogP contribution is 2.25. The van der Waals surface area contributed by atoms with Crippen molar-refractivity contribution in [1.82, 2.24) is 10.1 Å². The van der Waals surface area contributed by atoms with Gasteiger partial charge in [0.05, 0.1) is 17.0 Å². The quantitative estimate of drug-likeness (QED) is 0.736. The first kappa shape index (κ1) is 16.1. The van der Waals surface area contributed by atoms with E-state index >= 15 is 0 Å². The zero-order valence-corrected chi connectivity index (χ0v) is 14.1. The molecule has 0 spiro atoms. The van der Waals surface area contributed by atoms with Crippen LogP contribution in [0.25, 0.3) is 11.3 Å². The van der Waals surface area contributed by atoms with Crippen molar-refractivity contribution in [2.75, 3.05) is 12.3 Å². The third-order valence-electron chi connectivity index (χ3n) is 4.09. The minimum atomic E-state index is 0.429. The van der Waals surface area contributed by atoms with E-state index in [4.69, 9.17) is 15.0 Å². The molecule has 130 valence electrons. The summed E-state index contributed by atoms with van der Waals surface area (Å²) in [5.74, 6) is 1.88. The Kier molecular flexibility index (Phi) is 4.47. The molecule has 4 rings (SSSR count). The standard InChI is InChI=1S/C20H18N4O2/c21-20-18(4-2-10-23-20)19-12-16(24-26-19)11-14-5-7-17(8-6-14)25-13-15-3-1-9-22-15/h1-2,4-10,12H,3,11,13H2,(H2,21,23). The predicted octanol–water partition coefficient (Wildman–Crippen LogP) is 3.65. The first-order valence-corrected chi connectivity index (χ1v) is 8.37. The maximum atomic E-state index is 5.88. The molecular formula is C20H18N4O2. The lowest BCUT2D eigenvalue weighted by Crippen LogP contribution is -2.08. The van der Waals surface area contributed by atoms with Crippen molar-refractivity contribution < 1.29 is 9.26 Å². The van der Waals surface area contributed by atoms with E-state index in [2.05, 4.69) is 15.1 Å². The van der Waals surface area contributed by atoms with E-state index in [1.165, 1.54) is 0 Å². The lowest BCUT2D eigenvalue weighted by atomic mass is 10.1. The first-order chi connectivity index (χ1) is 12.8. The second kappa shape index (κ2) is 7.23. The van der Waals surface area contributed by atoms with Crippen LogP contribution in [0.1, 0.15) is 17.7 Å². The summed E-state index contributed by atoms with van der Waals surface area (Å²) < 4.78 is 11.2. The summed E-state index contributed by atoms with van der Waals surface area (Å²) in [6, 6.07) is 13.5. The molecule has 0 atom stereocenters. The number of nitrogens with zero attached hydrogens (tertiary/aromatic N) is 3. The Labute approximate surface area is 151 Å². The predicted molar refractivity (Wildman–Crippen MR) is 100 cm³/mol. The van der Waals surface area contributed by atoms with Gasteiger partial charge >= 0.3 is 0 Å². The maximum absolute atomic E-state index is 5.88. The zero-order valence-electron chi connectivity index (χ0n) is 14.1. The van der Waals surface area contributed by atoms with Gasteiger partial charge in [0.15, 0.2) is 5.76 Å². The zero-order chi connectivity index (χ0) is 17.8. The summed E-state index contributed by atoms with van der Waals surface area (Å²) in [7, 11) is 0. The molecule has 2 N–H and O–H groups in total. The molecule has 6 heteroatoms. The Bertz CT molecular complexity index is 958. The number of aromatic nitrogens is 2. The second-order valence-corrected chi connectivity index (χ2v) is 6.01. The van der Waals surface area contributed by atoms with Crippen molar-refractivity contribution in [1.29, 1.82) is 0 Å². The topological polar surface area (TPSA) is 86.5 Å². The van der Waals surface area contributed by atoms with Crippen molar-refractivity contribution in [3.8, 4) is 17.1 Å². The fourth-order valence-electron chi connectivity index (χ4n) is 2.72. The van der Waals surface area contributed by atoms with Crippen molar-refractivity contribution in [3.05, 3.63) is 72.2 Å². The molecule has 6 nitrogen and oxygen atoms in total. The number of hydrogen-bond donors (Lipinski definition) is 1. The highest BCUT2D eigenvalue weighted by molar-refractivity contribution is 5.89. The SMILES string of the molecule is Nc1ncccc1-c1cc(Cc2ccc(OCC3=NC=CC3)cc2)no1. The Morgan fingerprint density at radius 1 is 1.15 bits per heavy atom. The number of hydrogen-bond acceptors (Lipinski definition) is 6. The number of aliphatic imine (C=N–C) groups is 1. The molecule has 1 aliphatic heterocycles. The number of nitrogen functional groups attached to an aromatic ring is 1. The van der Waals surface area contributed by atoms with E-state index < -0.39 is 0 Å². The van der Waals surface area contributed by atoms with Crippen LogP contribution in [-0.2, 0) is 6.42 Å². The van der Waals surface area contributed by atoms with E-state index in [1.807, 2.05) is 54.7 Å². The van der Waals surface area contributed by atoms with Crippen molar-refractivity contribution >= 4 is 11.5 Å². The molecule has 3 heterocycles. The molecule has 0 aliphatic carbocycles. The average molecular weight is 346 g/mol.